The van der Waals surface area contributed by atoms with Crippen LogP contribution in [0.15, 0.2) is 60.7 Å². The average Bonchev–Trinajstić information content (AvgIpc) is 2.80. The highest BCUT2D eigenvalue weighted by Gasteiger charge is 2.54. The fourth-order valence-corrected chi connectivity index (χ4v) is 4.62. The van der Waals surface area contributed by atoms with Gasteiger partial charge in [-0.15, -0.1) is 0 Å². The topological polar surface area (TPSA) is 123 Å². The lowest BCUT2D eigenvalue weighted by Gasteiger charge is -2.52. The van der Waals surface area contributed by atoms with Crippen LogP contribution in [0.3, 0.4) is 0 Å². The smallest absolute Gasteiger partial charge is 0.421 e. The summed E-state index contributed by atoms with van der Waals surface area (Å²) < 4.78 is 10.6. The summed E-state index contributed by atoms with van der Waals surface area (Å²) in [6.45, 7) is 9.64. The standard InChI is InChI=1S/C26H37N3O5/c1-18(2)26(21(30)17-34-24(32)29-27,22(25(3,4)5)20-14-10-7-11-15-20)28-23(31)33-16-19-12-8-6-9-13-19/h6-15,18,21-22,30H,16-17,27H2,1-5H3,(H,28,31)(H,29,32)/t21-,22?,26+/m0/s1. The molecule has 1 unspecified atom stereocenters. The van der Waals surface area contributed by atoms with E-state index in [4.69, 9.17) is 15.3 Å². The quantitative estimate of drug-likeness (QED) is 0.248. The summed E-state index contributed by atoms with van der Waals surface area (Å²) in [7, 11) is 0. The van der Waals surface area contributed by atoms with Crippen LogP contribution in [0.25, 0.3) is 0 Å². The molecule has 5 N–H and O–H groups in total. The van der Waals surface area contributed by atoms with Gasteiger partial charge in [0.25, 0.3) is 0 Å². The molecule has 8 nitrogen and oxygen atoms in total. The molecule has 0 radical (unpaired) electrons. The minimum Gasteiger partial charge on any atom is -0.446 e. The maximum atomic E-state index is 13.1. The molecule has 0 saturated heterocycles. The van der Waals surface area contributed by atoms with E-state index in [1.807, 2.05) is 101 Å². The number of aliphatic hydroxyl groups excluding tert-OH is 1. The van der Waals surface area contributed by atoms with Gasteiger partial charge in [0.2, 0.25) is 0 Å². The number of alkyl carbamates (subject to hydrolysis) is 1. The molecule has 2 amide bonds. The number of carbonyl (C=O) groups is 2. The van der Waals surface area contributed by atoms with Gasteiger partial charge in [0.05, 0.1) is 5.54 Å². The minimum atomic E-state index is -1.27. The second-order valence-electron chi connectivity index (χ2n) is 9.74. The van der Waals surface area contributed by atoms with Crippen molar-refractivity contribution in [2.75, 3.05) is 6.61 Å². The van der Waals surface area contributed by atoms with Gasteiger partial charge in [-0.05, 0) is 22.5 Å². The lowest BCUT2D eigenvalue weighted by atomic mass is 9.59. The highest BCUT2D eigenvalue weighted by atomic mass is 16.6. The van der Waals surface area contributed by atoms with E-state index in [-0.39, 0.29) is 25.0 Å². The number of benzene rings is 2. The minimum absolute atomic E-state index is 0.0779. The van der Waals surface area contributed by atoms with Gasteiger partial charge in [-0.2, -0.15) is 0 Å². The normalized spacial score (nSPS) is 15.1. The maximum Gasteiger partial charge on any atom is 0.421 e. The number of carbonyl (C=O) groups excluding carboxylic acids is 2. The molecule has 0 aliphatic carbocycles. The van der Waals surface area contributed by atoms with Crippen LogP contribution >= 0.6 is 0 Å². The Morgan fingerprint density at radius 1 is 0.941 bits per heavy atom. The number of hydrazine groups is 1. The highest BCUT2D eigenvalue weighted by Crippen LogP contribution is 2.48. The monoisotopic (exact) mass is 471 g/mol. The van der Waals surface area contributed by atoms with Crippen LogP contribution in [0, 0.1) is 11.3 Å². The first-order valence-corrected chi connectivity index (χ1v) is 11.4. The zero-order valence-corrected chi connectivity index (χ0v) is 20.6. The first kappa shape index (κ1) is 27.1. The van der Waals surface area contributed by atoms with Crippen molar-refractivity contribution in [3.8, 4) is 0 Å². The van der Waals surface area contributed by atoms with E-state index in [1.165, 1.54) is 0 Å². The van der Waals surface area contributed by atoms with Crippen molar-refractivity contribution in [1.29, 1.82) is 0 Å². The molecule has 3 atom stereocenters. The van der Waals surface area contributed by atoms with Crippen molar-refractivity contribution in [3.63, 3.8) is 0 Å². The molecule has 186 valence electrons. The van der Waals surface area contributed by atoms with Crippen molar-refractivity contribution >= 4 is 12.2 Å². The highest BCUT2D eigenvalue weighted by molar-refractivity contribution is 5.69. The molecular formula is C26H37N3O5. The van der Waals surface area contributed by atoms with Gasteiger partial charge in [0.1, 0.15) is 19.3 Å². The zero-order chi connectivity index (χ0) is 25.4. The fourth-order valence-electron chi connectivity index (χ4n) is 4.62. The molecule has 34 heavy (non-hydrogen) atoms. The van der Waals surface area contributed by atoms with Gasteiger partial charge >= 0.3 is 12.2 Å². The van der Waals surface area contributed by atoms with Crippen LogP contribution in [-0.2, 0) is 16.1 Å². The second-order valence-corrected chi connectivity index (χ2v) is 9.74. The van der Waals surface area contributed by atoms with Gasteiger partial charge in [-0.1, -0.05) is 95.3 Å². The van der Waals surface area contributed by atoms with Gasteiger partial charge in [-0.25, -0.2) is 15.4 Å². The number of hydrogen-bond acceptors (Lipinski definition) is 6. The summed E-state index contributed by atoms with van der Waals surface area (Å²) >= 11 is 0. The van der Waals surface area contributed by atoms with E-state index in [1.54, 1.807) is 0 Å². The molecule has 2 aromatic rings. The Hall–Kier alpha value is -3.10. The zero-order valence-electron chi connectivity index (χ0n) is 20.6. The van der Waals surface area contributed by atoms with Crippen LogP contribution in [0.1, 0.15) is 51.7 Å². The van der Waals surface area contributed by atoms with Gasteiger partial charge in [0.15, 0.2) is 0 Å². The molecule has 2 aromatic carbocycles. The Morgan fingerprint density at radius 3 is 2.00 bits per heavy atom. The Kier molecular flexibility index (Phi) is 9.46. The van der Waals surface area contributed by atoms with Crippen molar-refractivity contribution < 1.29 is 24.2 Å². The summed E-state index contributed by atoms with van der Waals surface area (Å²) in [6, 6.07) is 19.0. The number of nitrogens with one attached hydrogen (secondary N) is 2. The number of ether oxygens (including phenoxy) is 2. The fraction of sp³-hybridized carbons (Fsp3) is 0.462. The van der Waals surface area contributed by atoms with Crippen molar-refractivity contribution in [1.82, 2.24) is 10.7 Å². The van der Waals surface area contributed by atoms with E-state index in [0.29, 0.717) is 0 Å². The molecule has 0 saturated carbocycles. The summed E-state index contributed by atoms with van der Waals surface area (Å²) in [5.74, 6) is 4.48. The molecular weight excluding hydrogens is 434 g/mol. The summed E-state index contributed by atoms with van der Waals surface area (Å²) in [4.78, 5) is 24.8. The van der Waals surface area contributed by atoms with E-state index in [9.17, 15) is 14.7 Å². The molecule has 0 fully saturated rings. The Labute approximate surface area is 201 Å². The maximum absolute atomic E-state index is 13.1. The van der Waals surface area contributed by atoms with E-state index < -0.39 is 29.2 Å². The van der Waals surface area contributed by atoms with Crippen molar-refractivity contribution in [2.45, 2.75) is 58.8 Å². The number of rotatable bonds is 9. The van der Waals surface area contributed by atoms with Gasteiger partial charge in [0, 0.05) is 5.92 Å². The van der Waals surface area contributed by atoms with E-state index >= 15 is 0 Å². The van der Waals surface area contributed by atoms with Crippen LogP contribution in [0.5, 0.6) is 0 Å². The number of hydrogen-bond donors (Lipinski definition) is 4. The average molecular weight is 472 g/mol. The Bertz CT molecular complexity index is 915. The van der Waals surface area contributed by atoms with Gasteiger partial charge < -0.3 is 19.9 Å². The van der Waals surface area contributed by atoms with E-state index in [0.717, 1.165) is 11.1 Å². The molecule has 0 spiro atoms. The van der Waals surface area contributed by atoms with E-state index in [2.05, 4.69) is 5.32 Å². The predicted octanol–water partition coefficient (Wildman–Crippen LogP) is 4.10. The van der Waals surface area contributed by atoms with Crippen molar-refractivity contribution in [3.05, 3.63) is 71.8 Å². The third-order valence-electron chi connectivity index (χ3n) is 6.00. The largest absolute Gasteiger partial charge is 0.446 e. The van der Waals surface area contributed by atoms with Crippen LogP contribution in [-0.4, -0.2) is 35.5 Å². The number of aliphatic hydroxyl groups is 1. The van der Waals surface area contributed by atoms with Crippen LogP contribution in [0.4, 0.5) is 9.59 Å². The first-order valence-electron chi connectivity index (χ1n) is 11.4. The molecule has 2 rings (SSSR count). The molecule has 0 aliphatic rings. The van der Waals surface area contributed by atoms with Crippen LogP contribution < -0.4 is 16.6 Å². The second kappa shape index (κ2) is 11.9. The lowest BCUT2D eigenvalue weighted by molar-refractivity contribution is -0.0470. The third kappa shape index (κ3) is 6.71. The molecule has 0 bridgehead atoms. The Morgan fingerprint density at radius 2 is 1.50 bits per heavy atom. The predicted molar refractivity (Wildman–Crippen MR) is 131 cm³/mol. The summed E-state index contributed by atoms with van der Waals surface area (Å²) in [6.07, 6.45) is -2.82. The molecule has 0 aliphatic heterocycles. The first-order chi connectivity index (χ1) is 16.0. The molecule has 0 heterocycles. The number of nitrogens with two attached hydrogens (primary N) is 1. The molecule has 8 heteroatoms. The lowest BCUT2D eigenvalue weighted by Crippen LogP contribution is -2.67. The van der Waals surface area contributed by atoms with Crippen molar-refractivity contribution in [2.24, 2.45) is 17.2 Å². The summed E-state index contributed by atoms with van der Waals surface area (Å²) in [5, 5.41) is 14.5. The third-order valence-corrected chi connectivity index (χ3v) is 6.00. The SMILES string of the molecule is CC(C)[C@](NC(=O)OCc1ccccc1)(C(c1ccccc1)C(C)(C)C)[C@@H](O)COC(=O)NN. The number of amides is 2. The van der Waals surface area contributed by atoms with Crippen LogP contribution in [0.2, 0.25) is 0 Å². The van der Waals surface area contributed by atoms with Gasteiger partial charge in [-0.3, -0.25) is 5.43 Å². The molecule has 0 aromatic heterocycles. The Balaban J connectivity index is 2.49. The summed E-state index contributed by atoms with van der Waals surface area (Å²) in [5.41, 5.74) is 2.00.